The summed E-state index contributed by atoms with van der Waals surface area (Å²) >= 11 is 0. The summed E-state index contributed by atoms with van der Waals surface area (Å²) in [5.41, 5.74) is 0.218. The van der Waals surface area contributed by atoms with E-state index in [0.29, 0.717) is 18.0 Å². The summed E-state index contributed by atoms with van der Waals surface area (Å²) in [4.78, 5) is 11.5. The molecular weight excluding hydrogens is 196 g/mol. The van der Waals surface area contributed by atoms with Gasteiger partial charge in [-0.05, 0) is 19.8 Å². The highest BCUT2D eigenvalue weighted by Crippen LogP contribution is 2.44. The first-order chi connectivity index (χ1) is 7.15. The fourth-order valence-electron chi connectivity index (χ4n) is 1.40. The lowest BCUT2D eigenvalue weighted by molar-refractivity contribution is 0.0926. The first-order valence-corrected chi connectivity index (χ1v) is 4.98. The van der Waals surface area contributed by atoms with E-state index >= 15 is 0 Å². The van der Waals surface area contributed by atoms with Crippen molar-refractivity contribution in [3.8, 4) is 0 Å². The number of carbonyl (C=O) groups is 1. The van der Waals surface area contributed by atoms with Gasteiger partial charge in [0.1, 0.15) is 5.76 Å². The van der Waals surface area contributed by atoms with E-state index in [9.17, 15) is 4.79 Å². The standard InChI is InChI=1S/C10H14N2O3/c1-7-4-8(12-15-7)9(14)11-5-10(6-13)2-3-10/h4,13H,2-3,5-6H2,1H3,(H,11,14). The van der Waals surface area contributed by atoms with Crippen LogP contribution in [0.3, 0.4) is 0 Å². The molecule has 82 valence electrons. The van der Waals surface area contributed by atoms with Crippen LogP contribution in [0.4, 0.5) is 0 Å². The third kappa shape index (κ3) is 2.18. The van der Waals surface area contributed by atoms with Crippen LogP contribution in [0.25, 0.3) is 0 Å². The van der Waals surface area contributed by atoms with Crippen LogP contribution in [0, 0.1) is 12.3 Å². The van der Waals surface area contributed by atoms with Gasteiger partial charge in [0.2, 0.25) is 0 Å². The summed E-state index contributed by atoms with van der Waals surface area (Å²) in [7, 11) is 0. The molecule has 5 nitrogen and oxygen atoms in total. The van der Waals surface area contributed by atoms with Crippen molar-refractivity contribution < 1.29 is 14.4 Å². The summed E-state index contributed by atoms with van der Waals surface area (Å²) in [6, 6.07) is 1.59. The quantitative estimate of drug-likeness (QED) is 0.758. The number of aliphatic hydroxyl groups is 1. The second-order valence-corrected chi connectivity index (χ2v) is 4.16. The molecule has 0 atom stereocenters. The zero-order valence-corrected chi connectivity index (χ0v) is 8.62. The van der Waals surface area contributed by atoms with Crippen LogP contribution >= 0.6 is 0 Å². The number of aliphatic hydroxyl groups excluding tert-OH is 1. The summed E-state index contributed by atoms with van der Waals surface area (Å²) in [5, 5.41) is 15.4. The molecule has 0 aliphatic heterocycles. The van der Waals surface area contributed by atoms with Crippen LogP contribution < -0.4 is 5.32 Å². The minimum absolute atomic E-state index is 0.0750. The van der Waals surface area contributed by atoms with Crippen molar-refractivity contribution in [3.05, 3.63) is 17.5 Å². The van der Waals surface area contributed by atoms with E-state index in [1.807, 2.05) is 0 Å². The van der Waals surface area contributed by atoms with Gasteiger partial charge in [0.25, 0.3) is 5.91 Å². The van der Waals surface area contributed by atoms with Crippen LogP contribution in [0.2, 0.25) is 0 Å². The molecule has 0 spiro atoms. The lowest BCUT2D eigenvalue weighted by Gasteiger charge is -2.11. The molecule has 0 saturated heterocycles. The van der Waals surface area contributed by atoms with E-state index in [4.69, 9.17) is 9.63 Å². The Balaban J connectivity index is 1.88. The summed E-state index contributed by atoms with van der Waals surface area (Å²) in [6.45, 7) is 2.37. The molecule has 2 rings (SSSR count). The number of hydrogen-bond acceptors (Lipinski definition) is 4. The molecule has 1 aromatic rings. The van der Waals surface area contributed by atoms with Gasteiger partial charge < -0.3 is 14.9 Å². The molecule has 1 saturated carbocycles. The Morgan fingerprint density at radius 1 is 1.73 bits per heavy atom. The number of hydrogen-bond donors (Lipinski definition) is 2. The van der Waals surface area contributed by atoms with Crippen LogP contribution in [0.5, 0.6) is 0 Å². The predicted octanol–water partition coefficient (Wildman–Crippen LogP) is 0.485. The van der Waals surface area contributed by atoms with E-state index in [2.05, 4.69) is 10.5 Å². The second-order valence-electron chi connectivity index (χ2n) is 4.16. The van der Waals surface area contributed by atoms with Gasteiger partial charge in [-0.15, -0.1) is 0 Å². The zero-order chi connectivity index (χ0) is 10.9. The molecule has 5 heteroatoms. The number of amides is 1. The molecule has 1 aromatic heterocycles. The molecule has 1 aliphatic carbocycles. The monoisotopic (exact) mass is 210 g/mol. The van der Waals surface area contributed by atoms with Crippen molar-refractivity contribution >= 4 is 5.91 Å². The fraction of sp³-hybridized carbons (Fsp3) is 0.600. The molecule has 0 unspecified atom stereocenters. The average Bonchev–Trinajstić information content (AvgIpc) is 2.90. The Bertz CT molecular complexity index is 368. The van der Waals surface area contributed by atoms with Crippen molar-refractivity contribution in [2.45, 2.75) is 19.8 Å². The predicted molar refractivity (Wildman–Crippen MR) is 52.3 cm³/mol. The average molecular weight is 210 g/mol. The Kier molecular flexibility index (Phi) is 2.48. The van der Waals surface area contributed by atoms with Crippen molar-refractivity contribution in [2.24, 2.45) is 5.41 Å². The number of carbonyl (C=O) groups excluding carboxylic acids is 1. The Morgan fingerprint density at radius 2 is 2.47 bits per heavy atom. The summed E-state index contributed by atoms with van der Waals surface area (Å²) in [6.07, 6.45) is 1.95. The molecule has 1 amide bonds. The molecule has 1 heterocycles. The number of nitrogens with one attached hydrogen (secondary N) is 1. The van der Waals surface area contributed by atoms with Crippen molar-refractivity contribution in [2.75, 3.05) is 13.2 Å². The number of rotatable bonds is 4. The van der Waals surface area contributed by atoms with Gasteiger partial charge in [-0.2, -0.15) is 0 Å². The molecule has 15 heavy (non-hydrogen) atoms. The van der Waals surface area contributed by atoms with E-state index < -0.39 is 0 Å². The van der Waals surface area contributed by atoms with Gasteiger partial charge in [-0.1, -0.05) is 5.16 Å². The molecule has 0 radical (unpaired) electrons. The lowest BCUT2D eigenvalue weighted by Crippen LogP contribution is -2.32. The Labute approximate surface area is 87.5 Å². The SMILES string of the molecule is Cc1cc(C(=O)NCC2(CO)CC2)no1. The molecule has 0 bridgehead atoms. The van der Waals surface area contributed by atoms with Crippen LogP contribution in [-0.4, -0.2) is 29.3 Å². The third-order valence-electron chi connectivity index (χ3n) is 2.78. The molecular formula is C10H14N2O3. The van der Waals surface area contributed by atoms with E-state index in [1.54, 1.807) is 13.0 Å². The highest BCUT2D eigenvalue weighted by Gasteiger charge is 2.42. The number of aromatic nitrogens is 1. The van der Waals surface area contributed by atoms with Gasteiger partial charge in [0.15, 0.2) is 5.69 Å². The van der Waals surface area contributed by atoms with Gasteiger partial charge in [0.05, 0.1) is 6.61 Å². The van der Waals surface area contributed by atoms with Gasteiger partial charge in [0, 0.05) is 18.0 Å². The number of nitrogens with zero attached hydrogens (tertiary/aromatic N) is 1. The Hall–Kier alpha value is -1.36. The highest BCUT2D eigenvalue weighted by atomic mass is 16.5. The maximum absolute atomic E-state index is 11.5. The fourth-order valence-corrected chi connectivity index (χ4v) is 1.40. The van der Waals surface area contributed by atoms with E-state index in [1.165, 1.54) is 0 Å². The maximum atomic E-state index is 11.5. The number of aryl methyl sites for hydroxylation is 1. The van der Waals surface area contributed by atoms with Gasteiger partial charge in [-0.3, -0.25) is 4.79 Å². The first-order valence-electron chi connectivity index (χ1n) is 4.98. The topological polar surface area (TPSA) is 75.4 Å². The minimum Gasteiger partial charge on any atom is -0.396 e. The molecule has 0 aromatic carbocycles. The first kappa shape index (κ1) is 10.2. The minimum atomic E-state index is -0.244. The highest BCUT2D eigenvalue weighted by molar-refractivity contribution is 5.92. The third-order valence-corrected chi connectivity index (χ3v) is 2.78. The Morgan fingerprint density at radius 3 is 2.93 bits per heavy atom. The van der Waals surface area contributed by atoms with E-state index in [-0.39, 0.29) is 17.9 Å². The normalized spacial score (nSPS) is 17.5. The lowest BCUT2D eigenvalue weighted by atomic mass is 10.1. The summed E-state index contributed by atoms with van der Waals surface area (Å²) < 4.78 is 4.80. The maximum Gasteiger partial charge on any atom is 0.273 e. The molecule has 1 aliphatic rings. The molecule has 2 N–H and O–H groups in total. The zero-order valence-electron chi connectivity index (χ0n) is 8.62. The van der Waals surface area contributed by atoms with Crippen LogP contribution in [0.15, 0.2) is 10.6 Å². The smallest absolute Gasteiger partial charge is 0.273 e. The van der Waals surface area contributed by atoms with Crippen molar-refractivity contribution in [1.29, 1.82) is 0 Å². The van der Waals surface area contributed by atoms with Crippen molar-refractivity contribution in [1.82, 2.24) is 10.5 Å². The van der Waals surface area contributed by atoms with Gasteiger partial charge >= 0.3 is 0 Å². The van der Waals surface area contributed by atoms with Crippen molar-refractivity contribution in [3.63, 3.8) is 0 Å². The second kappa shape index (κ2) is 3.66. The van der Waals surface area contributed by atoms with E-state index in [0.717, 1.165) is 12.8 Å². The van der Waals surface area contributed by atoms with Gasteiger partial charge in [-0.25, -0.2) is 0 Å². The summed E-state index contributed by atoms with van der Waals surface area (Å²) in [5.74, 6) is 0.370. The molecule has 1 fully saturated rings. The van der Waals surface area contributed by atoms with Crippen LogP contribution in [0.1, 0.15) is 29.1 Å². The van der Waals surface area contributed by atoms with Crippen LogP contribution in [-0.2, 0) is 0 Å². The largest absolute Gasteiger partial charge is 0.396 e.